The first-order valence-electron chi connectivity index (χ1n) is 19.8. The van der Waals surface area contributed by atoms with Gasteiger partial charge in [0.05, 0.1) is 36.4 Å². The third kappa shape index (κ3) is 5.63. The Morgan fingerprint density at radius 1 is 0.589 bits per heavy atom. The zero-order chi connectivity index (χ0) is 39.7. The van der Waals surface area contributed by atoms with Gasteiger partial charge in [-0.3, -0.25) is 9.59 Å². The average molecular weight is 749 g/mol. The molecule has 2 aliphatic heterocycles. The van der Waals surface area contributed by atoms with Crippen LogP contribution in [-0.4, -0.2) is 59.6 Å². The number of ether oxygens (including phenoxy) is 2. The summed E-state index contributed by atoms with van der Waals surface area (Å²) in [6.45, 7) is 17.3. The lowest BCUT2D eigenvalue weighted by Gasteiger charge is -2.38. The minimum atomic E-state index is -0.564. The van der Waals surface area contributed by atoms with Crippen LogP contribution in [-0.2, 0) is 19.1 Å². The predicted octanol–water partition coefficient (Wildman–Crippen LogP) is 9.38. The summed E-state index contributed by atoms with van der Waals surface area (Å²) in [6.07, 6.45) is 0. The molecule has 8 rings (SSSR count). The quantitative estimate of drug-likeness (QED) is 0.156. The molecule has 0 spiro atoms. The van der Waals surface area contributed by atoms with Crippen LogP contribution < -0.4 is 0 Å². The van der Waals surface area contributed by atoms with Crippen molar-refractivity contribution in [3.8, 4) is 0 Å². The summed E-state index contributed by atoms with van der Waals surface area (Å²) in [5.41, 5.74) is 5.64. The van der Waals surface area contributed by atoms with E-state index in [2.05, 4.69) is 49.6 Å². The fourth-order valence-corrected chi connectivity index (χ4v) is 9.38. The van der Waals surface area contributed by atoms with E-state index in [1.807, 2.05) is 74.5 Å². The number of Topliss-reactive ketones (excluding diaryl/α,β-unsaturated/α-hetero) is 2. The van der Waals surface area contributed by atoms with E-state index in [4.69, 9.17) is 9.47 Å². The van der Waals surface area contributed by atoms with Crippen LogP contribution in [0.3, 0.4) is 0 Å². The Morgan fingerprint density at radius 2 is 0.929 bits per heavy atom. The largest absolute Gasteiger partial charge is 0.462 e. The summed E-state index contributed by atoms with van der Waals surface area (Å²) < 4.78 is 11.5. The third-order valence-corrected chi connectivity index (χ3v) is 11.5. The van der Waals surface area contributed by atoms with E-state index in [0.717, 1.165) is 32.7 Å². The van der Waals surface area contributed by atoms with E-state index in [1.165, 1.54) is 0 Å². The molecule has 8 heteroatoms. The molecule has 0 amide bonds. The van der Waals surface area contributed by atoms with Crippen LogP contribution in [0.15, 0.2) is 118 Å². The summed E-state index contributed by atoms with van der Waals surface area (Å²) in [7, 11) is 0. The lowest BCUT2D eigenvalue weighted by atomic mass is 9.70. The molecular formula is C48H48N2O6. The maximum Gasteiger partial charge on any atom is 0.340 e. The molecule has 0 bridgehead atoms. The van der Waals surface area contributed by atoms with Crippen molar-refractivity contribution < 1.29 is 28.7 Å². The summed E-state index contributed by atoms with van der Waals surface area (Å²) in [6, 6.07) is 22.6. The highest BCUT2D eigenvalue weighted by Crippen LogP contribution is 2.57. The molecule has 0 saturated heterocycles. The second-order valence-corrected chi connectivity index (χ2v) is 16.1. The van der Waals surface area contributed by atoms with Gasteiger partial charge in [-0.1, -0.05) is 76.2 Å². The van der Waals surface area contributed by atoms with Crippen molar-refractivity contribution in [2.75, 3.05) is 26.3 Å². The molecule has 4 aliphatic rings. The molecular weight excluding hydrogens is 701 g/mol. The number of benzene rings is 4. The second kappa shape index (κ2) is 14.1. The van der Waals surface area contributed by atoms with Gasteiger partial charge in [0.15, 0.2) is 11.6 Å². The molecule has 2 aliphatic carbocycles. The fraction of sp³-hybridized carbons (Fsp3) is 0.333. The highest BCUT2D eigenvalue weighted by Gasteiger charge is 2.53. The van der Waals surface area contributed by atoms with Crippen LogP contribution in [0.2, 0.25) is 0 Å². The molecule has 0 saturated carbocycles. The van der Waals surface area contributed by atoms with Crippen LogP contribution in [0.1, 0.15) is 99.3 Å². The van der Waals surface area contributed by atoms with Gasteiger partial charge >= 0.3 is 11.9 Å². The summed E-state index contributed by atoms with van der Waals surface area (Å²) in [4.78, 5) is 64.3. The summed E-state index contributed by atoms with van der Waals surface area (Å²) in [5, 5.41) is 3.71. The number of hydrogen-bond acceptors (Lipinski definition) is 8. The monoisotopic (exact) mass is 748 g/mol. The summed E-state index contributed by atoms with van der Waals surface area (Å²) >= 11 is 0. The number of nitrogens with zero attached hydrogens (tertiary/aromatic N) is 2. The number of fused-ring (bicyclic) bond motifs is 8. The van der Waals surface area contributed by atoms with Crippen molar-refractivity contribution in [2.45, 2.75) is 67.5 Å². The number of rotatable bonds is 9. The van der Waals surface area contributed by atoms with E-state index >= 15 is 9.59 Å². The van der Waals surface area contributed by atoms with Crippen molar-refractivity contribution in [1.82, 2.24) is 9.80 Å². The van der Waals surface area contributed by atoms with Crippen molar-refractivity contribution in [3.05, 3.63) is 140 Å². The number of hydrogen-bond donors (Lipinski definition) is 0. The minimum Gasteiger partial charge on any atom is -0.462 e. The molecule has 2 heterocycles. The van der Waals surface area contributed by atoms with Crippen LogP contribution in [0.5, 0.6) is 0 Å². The van der Waals surface area contributed by atoms with Gasteiger partial charge in [-0.2, -0.15) is 0 Å². The zero-order valence-electron chi connectivity index (χ0n) is 33.4. The summed E-state index contributed by atoms with van der Waals surface area (Å²) in [5.74, 6) is -1.43. The van der Waals surface area contributed by atoms with Gasteiger partial charge in [0, 0.05) is 57.9 Å². The average Bonchev–Trinajstić information content (AvgIpc) is 3.60. The molecule has 4 aromatic rings. The van der Waals surface area contributed by atoms with Crippen molar-refractivity contribution in [1.29, 1.82) is 0 Å². The lowest BCUT2D eigenvalue weighted by Crippen LogP contribution is -2.35. The zero-order valence-corrected chi connectivity index (χ0v) is 33.4. The van der Waals surface area contributed by atoms with Crippen LogP contribution in [0, 0.1) is 11.8 Å². The standard InChI is InChI=1S/C48H48N2O6/c1-9-55-47(53)37-27(7)49(23-25(3)4)43-33-19-29-15-11-13-17-31(29)21-35(33)45(51)41(39(37)43)42-40-38(48(54)56-10-2)28(8)50(24-26(5)6)44(40)34-20-30-16-12-14-18-32(30)22-36(34)46(42)52/h11-22,25-26,43-44H,9-10,23-24H2,1-8H3. The van der Waals surface area contributed by atoms with Gasteiger partial charge in [0.25, 0.3) is 0 Å². The normalized spacial score (nSPS) is 19.2. The molecule has 2 unspecified atom stereocenters. The van der Waals surface area contributed by atoms with E-state index in [9.17, 15) is 9.59 Å². The highest BCUT2D eigenvalue weighted by molar-refractivity contribution is 6.29. The maximum atomic E-state index is 15.7. The van der Waals surface area contributed by atoms with Gasteiger partial charge in [-0.25, -0.2) is 9.59 Å². The van der Waals surface area contributed by atoms with Gasteiger partial charge in [-0.15, -0.1) is 0 Å². The van der Waals surface area contributed by atoms with E-state index in [-0.39, 0.29) is 58.9 Å². The molecule has 286 valence electrons. The topological polar surface area (TPSA) is 93.2 Å². The first-order chi connectivity index (χ1) is 26.9. The van der Waals surface area contributed by atoms with Crippen molar-refractivity contribution >= 4 is 45.0 Å². The number of carbonyl (C=O) groups excluding carboxylic acids is 4. The van der Waals surface area contributed by atoms with Gasteiger partial charge in [-0.05, 0) is 96.5 Å². The minimum absolute atomic E-state index is 0.136. The second-order valence-electron chi connectivity index (χ2n) is 16.1. The molecule has 4 aromatic carbocycles. The third-order valence-electron chi connectivity index (χ3n) is 11.5. The van der Waals surface area contributed by atoms with Crippen molar-refractivity contribution in [2.24, 2.45) is 11.8 Å². The van der Waals surface area contributed by atoms with Crippen molar-refractivity contribution in [3.63, 3.8) is 0 Å². The Hall–Kier alpha value is -5.76. The first-order valence-corrected chi connectivity index (χ1v) is 19.8. The number of carbonyl (C=O) groups is 4. The number of allylic oxidation sites excluding steroid dienone is 4. The smallest absolute Gasteiger partial charge is 0.340 e. The molecule has 0 aromatic heterocycles. The molecule has 0 fully saturated rings. The fourth-order valence-electron chi connectivity index (χ4n) is 9.38. The molecule has 0 radical (unpaired) electrons. The van der Waals surface area contributed by atoms with E-state index < -0.39 is 24.0 Å². The lowest BCUT2D eigenvalue weighted by molar-refractivity contribution is -0.139. The maximum absolute atomic E-state index is 15.7. The van der Waals surface area contributed by atoms with Crippen LogP contribution in [0.25, 0.3) is 21.5 Å². The predicted molar refractivity (Wildman–Crippen MR) is 218 cm³/mol. The van der Waals surface area contributed by atoms with E-state index in [0.29, 0.717) is 46.8 Å². The van der Waals surface area contributed by atoms with Gasteiger partial charge in [0.1, 0.15) is 0 Å². The van der Waals surface area contributed by atoms with Crippen LogP contribution in [0.4, 0.5) is 0 Å². The SMILES string of the molecule is CCOC(=O)C1=C(C)N(CC(C)C)C2C1=C(C1=C3C(C(=O)OCC)=C(C)N(CC(C)C)C3c3cc4ccccc4cc3C1=O)C(=O)c1cc3ccccc3cc12. The van der Waals surface area contributed by atoms with Crippen LogP contribution >= 0.6 is 0 Å². The molecule has 56 heavy (non-hydrogen) atoms. The Labute approximate surface area is 328 Å². The highest BCUT2D eigenvalue weighted by atomic mass is 16.5. The number of esters is 2. The molecule has 0 N–H and O–H groups in total. The Morgan fingerprint density at radius 3 is 1.25 bits per heavy atom. The number of ketones is 2. The Bertz CT molecular complexity index is 2360. The Balaban J connectivity index is 1.54. The van der Waals surface area contributed by atoms with Gasteiger partial charge in [0.2, 0.25) is 0 Å². The molecule has 2 atom stereocenters. The first kappa shape index (κ1) is 37.2. The molecule has 8 nitrogen and oxygen atoms in total. The van der Waals surface area contributed by atoms with Gasteiger partial charge < -0.3 is 19.3 Å². The Kier molecular flexibility index (Phi) is 9.34. The van der Waals surface area contributed by atoms with E-state index in [1.54, 1.807) is 13.8 Å².